The molecule has 16 heavy (non-hydrogen) atoms. The fraction of sp³-hybridized carbons (Fsp3) is 0.182. The van der Waals surface area contributed by atoms with Gasteiger partial charge in [0.05, 0.1) is 12.8 Å². The zero-order chi connectivity index (χ0) is 11.7. The fourth-order valence-corrected chi connectivity index (χ4v) is 2.23. The van der Waals surface area contributed by atoms with Crippen molar-refractivity contribution in [2.45, 2.75) is 6.92 Å². The Balaban J connectivity index is 2.56. The Morgan fingerprint density at radius 1 is 1.38 bits per heavy atom. The molecule has 0 bridgehead atoms. The predicted molar refractivity (Wildman–Crippen MR) is 67.4 cm³/mol. The molecule has 0 saturated heterocycles. The van der Waals surface area contributed by atoms with Gasteiger partial charge in [-0.15, -0.1) is 0 Å². The highest BCUT2D eigenvalue weighted by atomic mass is 79.9. The highest BCUT2D eigenvalue weighted by Crippen LogP contribution is 2.33. The van der Waals surface area contributed by atoms with E-state index < -0.39 is 0 Å². The molecule has 0 unspecified atom stereocenters. The van der Waals surface area contributed by atoms with Gasteiger partial charge in [-0.3, -0.25) is 5.10 Å². The summed E-state index contributed by atoms with van der Waals surface area (Å²) in [6.45, 7) is 1.99. The third kappa shape index (κ3) is 1.90. The summed E-state index contributed by atoms with van der Waals surface area (Å²) in [6.07, 6.45) is 0. The number of rotatable bonds is 2. The van der Waals surface area contributed by atoms with Crippen LogP contribution in [0.2, 0.25) is 0 Å². The zero-order valence-electron chi connectivity index (χ0n) is 9.04. The van der Waals surface area contributed by atoms with Crippen LogP contribution in [0.15, 0.2) is 22.7 Å². The minimum atomic E-state index is 0.474. The molecule has 84 valence electrons. The molecular formula is C11H12BrN3O. The van der Waals surface area contributed by atoms with Crippen LogP contribution >= 0.6 is 15.9 Å². The average Bonchev–Trinajstić information content (AvgIpc) is 2.65. The Hall–Kier alpha value is -1.49. The summed E-state index contributed by atoms with van der Waals surface area (Å²) in [4.78, 5) is 0. The predicted octanol–water partition coefficient (Wildman–Crippen LogP) is 2.74. The van der Waals surface area contributed by atoms with E-state index in [4.69, 9.17) is 10.5 Å². The summed E-state index contributed by atoms with van der Waals surface area (Å²) in [5.74, 6) is 1.31. The van der Waals surface area contributed by atoms with Gasteiger partial charge in [0.15, 0.2) is 0 Å². The first-order valence-electron chi connectivity index (χ1n) is 4.77. The molecule has 0 fully saturated rings. The van der Waals surface area contributed by atoms with Crippen LogP contribution in [0.25, 0.3) is 11.3 Å². The van der Waals surface area contributed by atoms with Crippen LogP contribution in [0.1, 0.15) is 5.56 Å². The van der Waals surface area contributed by atoms with Crippen molar-refractivity contribution >= 4 is 21.7 Å². The van der Waals surface area contributed by atoms with Crippen LogP contribution < -0.4 is 10.5 Å². The minimum Gasteiger partial charge on any atom is -0.496 e. The molecule has 0 radical (unpaired) electrons. The van der Waals surface area contributed by atoms with Gasteiger partial charge in [-0.05, 0) is 24.6 Å². The first-order valence-corrected chi connectivity index (χ1v) is 5.56. The van der Waals surface area contributed by atoms with Crippen LogP contribution in [-0.4, -0.2) is 17.3 Å². The van der Waals surface area contributed by atoms with Gasteiger partial charge < -0.3 is 10.5 Å². The molecule has 4 nitrogen and oxygen atoms in total. The number of nitrogen functional groups attached to an aromatic ring is 1. The number of benzene rings is 1. The quantitative estimate of drug-likeness (QED) is 0.890. The summed E-state index contributed by atoms with van der Waals surface area (Å²) in [5.41, 5.74) is 8.49. The van der Waals surface area contributed by atoms with Gasteiger partial charge in [0, 0.05) is 16.1 Å². The minimum absolute atomic E-state index is 0.474. The number of methoxy groups -OCH3 is 1. The molecule has 0 amide bonds. The lowest BCUT2D eigenvalue weighted by molar-refractivity contribution is 0.412. The number of hydrogen-bond donors (Lipinski definition) is 2. The van der Waals surface area contributed by atoms with Crippen LogP contribution in [0.4, 0.5) is 5.82 Å². The number of ether oxygens (including phenoxy) is 1. The van der Waals surface area contributed by atoms with Gasteiger partial charge in [0.1, 0.15) is 11.6 Å². The van der Waals surface area contributed by atoms with E-state index in [-0.39, 0.29) is 0 Å². The number of nitrogens with zero attached hydrogens (tertiary/aromatic N) is 1. The van der Waals surface area contributed by atoms with Gasteiger partial charge in [-0.25, -0.2) is 0 Å². The Labute approximate surface area is 102 Å². The molecule has 1 heterocycles. The number of anilines is 1. The molecule has 2 rings (SSSR count). The molecule has 1 aromatic carbocycles. The second-order valence-corrected chi connectivity index (χ2v) is 4.36. The molecule has 3 N–H and O–H groups in total. The summed E-state index contributed by atoms with van der Waals surface area (Å²) in [6, 6.07) is 5.74. The lowest BCUT2D eigenvalue weighted by Gasteiger charge is -2.08. The van der Waals surface area contributed by atoms with Crippen molar-refractivity contribution in [3.8, 4) is 17.0 Å². The van der Waals surface area contributed by atoms with Gasteiger partial charge in [0.2, 0.25) is 0 Å². The Morgan fingerprint density at radius 2 is 2.12 bits per heavy atom. The number of aromatic amines is 1. The first kappa shape index (κ1) is 11.0. The van der Waals surface area contributed by atoms with Gasteiger partial charge in [-0.2, -0.15) is 5.10 Å². The molecule has 0 aliphatic heterocycles. The van der Waals surface area contributed by atoms with E-state index in [1.807, 2.05) is 19.1 Å². The second kappa shape index (κ2) is 4.17. The molecule has 5 heteroatoms. The Morgan fingerprint density at radius 3 is 2.69 bits per heavy atom. The molecule has 0 aliphatic carbocycles. The van der Waals surface area contributed by atoms with Crippen molar-refractivity contribution in [1.29, 1.82) is 0 Å². The average molecular weight is 282 g/mol. The maximum Gasteiger partial charge on any atom is 0.145 e. The molecule has 0 aliphatic rings. The maximum atomic E-state index is 5.58. The smallest absolute Gasteiger partial charge is 0.145 e. The Kier molecular flexibility index (Phi) is 2.87. The van der Waals surface area contributed by atoms with Crippen molar-refractivity contribution in [3.05, 3.63) is 28.2 Å². The molecule has 0 saturated carbocycles. The van der Waals surface area contributed by atoms with E-state index in [1.54, 1.807) is 13.2 Å². The second-order valence-electron chi connectivity index (χ2n) is 3.51. The van der Waals surface area contributed by atoms with E-state index >= 15 is 0 Å². The van der Waals surface area contributed by atoms with Crippen LogP contribution in [-0.2, 0) is 0 Å². The van der Waals surface area contributed by atoms with E-state index in [9.17, 15) is 0 Å². The topological polar surface area (TPSA) is 63.9 Å². The van der Waals surface area contributed by atoms with Gasteiger partial charge in [0.25, 0.3) is 0 Å². The van der Waals surface area contributed by atoms with Gasteiger partial charge in [-0.1, -0.05) is 15.9 Å². The van der Waals surface area contributed by atoms with Crippen molar-refractivity contribution < 1.29 is 4.74 Å². The summed E-state index contributed by atoms with van der Waals surface area (Å²) >= 11 is 3.51. The van der Waals surface area contributed by atoms with Crippen LogP contribution in [0.3, 0.4) is 0 Å². The zero-order valence-corrected chi connectivity index (χ0v) is 10.6. The standard InChI is InChI=1S/C11H12BrN3O/c1-6-3-8(12)7(4-10(6)16-2)9-5-11(13)15-14-9/h3-5H,1-2H3,(H3,13,14,15). The number of nitrogens with one attached hydrogen (secondary N) is 1. The highest BCUT2D eigenvalue weighted by molar-refractivity contribution is 9.10. The molecule has 0 atom stereocenters. The summed E-state index contributed by atoms with van der Waals surface area (Å²) in [5, 5.41) is 6.78. The maximum absolute atomic E-state index is 5.58. The first-order chi connectivity index (χ1) is 7.61. The van der Waals surface area contributed by atoms with Crippen LogP contribution in [0.5, 0.6) is 5.75 Å². The van der Waals surface area contributed by atoms with E-state index in [0.717, 1.165) is 27.0 Å². The van der Waals surface area contributed by atoms with Crippen molar-refractivity contribution in [1.82, 2.24) is 10.2 Å². The number of aromatic nitrogens is 2. The third-order valence-electron chi connectivity index (χ3n) is 2.37. The molecular weight excluding hydrogens is 270 g/mol. The summed E-state index contributed by atoms with van der Waals surface area (Å²) < 4.78 is 6.26. The highest BCUT2D eigenvalue weighted by Gasteiger charge is 2.10. The Bertz CT molecular complexity index is 522. The largest absolute Gasteiger partial charge is 0.496 e. The SMILES string of the molecule is COc1cc(-c2cc(N)n[nH]2)c(Br)cc1C. The van der Waals surface area contributed by atoms with Gasteiger partial charge >= 0.3 is 0 Å². The number of H-pyrrole nitrogens is 1. The molecule has 2 aromatic rings. The number of nitrogens with two attached hydrogens (primary N) is 1. The fourth-order valence-electron chi connectivity index (χ4n) is 1.55. The summed E-state index contributed by atoms with van der Waals surface area (Å²) in [7, 11) is 1.65. The van der Waals surface area contributed by atoms with Crippen molar-refractivity contribution in [3.63, 3.8) is 0 Å². The van der Waals surface area contributed by atoms with E-state index in [2.05, 4.69) is 26.1 Å². The normalized spacial score (nSPS) is 10.4. The third-order valence-corrected chi connectivity index (χ3v) is 3.03. The lowest BCUT2D eigenvalue weighted by atomic mass is 10.1. The molecule has 0 spiro atoms. The number of halogens is 1. The van der Waals surface area contributed by atoms with E-state index in [0.29, 0.717) is 5.82 Å². The number of hydrogen-bond acceptors (Lipinski definition) is 3. The van der Waals surface area contributed by atoms with Crippen LogP contribution in [0, 0.1) is 6.92 Å². The number of aryl methyl sites for hydroxylation is 1. The lowest BCUT2D eigenvalue weighted by Crippen LogP contribution is -1.89. The molecule has 1 aromatic heterocycles. The monoisotopic (exact) mass is 281 g/mol. The van der Waals surface area contributed by atoms with Crippen molar-refractivity contribution in [2.75, 3.05) is 12.8 Å². The van der Waals surface area contributed by atoms with E-state index in [1.165, 1.54) is 0 Å². The van der Waals surface area contributed by atoms with Crippen molar-refractivity contribution in [2.24, 2.45) is 0 Å².